The molecule has 0 unspecified atom stereocenters. The molecule has 1 aromatic carbocycles. The van der Waals surface area contributed by atoms with E-state index in [1.54, 1.807) is 12.4 Å². The quantitative estimate of drug-likeness (QED) is 0.700. The molecule has 2 aromatic heterocycles. The van der Waals surface area contributed by atoms with E-state index >= 15 is 0 Å². The SMILES string of the molecule is Cc1cc(C)cc(-c2nnc(-c3cccnc3)o2)c1. The number of hydrogen-bond donors (Lipinski definition) is 0. The maximum absolute atomic E-state index is 5.70. The molecule has 94 valence electrons. The van der Waals surface area contributed by atoms with Crippen LogP contribution in [-0.4, -0.2) is 15.2 Å². The minimum Gasteiger partial charge on any atom is -0.416 e. The minimum absolute atomic E-state index is 0.488. The molecule has 3 aromatic rings. The van der Waals surface area contributed by atoms with Crippen molar-refractivity contribution < 1.29 is 4.42 Å². The zero-order chi connectivity index (χ0) is 13.2. The fourth-order valence-corrected chi connectivity index (χ4v) is 2.04. The number of hydrogen-bond acceptors (Lipinski definition) is 4. The Kier molecular flexibility index (Phi) is 2.83. The largest absolute Gasteiger partial charge is 0.416 e. The van der Waals surface area contributed by atoms with E-state index in [2.05, 4.69) is 35.1 Å². The molecule has 0 atom stereocenters. The zero-order valence-electron chi connectivity index (χ0n) is 10.8. The lowest BCUT2D eigenvalue weighted by molar-refractivity contribution is 0.584. The lowest BCUT2D eigenvalue weighted by atomic mass is 10.1. The summed E-state index contributed by atoms with van der Waals surface area (Å²) in [5.41, 5.74) is 4.12. The van der Waals surface area contributed by atoms with E-state index in [1.807, 2.05) is 24.3 Å². The van der Waals surface area contributed by atoms with Crippen LogP contribution < -0.4 is 0 Å². The predicted molar refractivity (Wildman–Crippen MR) is 72.4 cm³/mol. The molecule has 19 heavy (non-hydrogen) atoms. The first-order chi connectivity index (χ1) is 9.22. The average molecular weight is 251 g/mol. The van der Waals surface area contributed by atoms with Gasteiger partial charge in [-0.1, -0.05) is 17.2 Å². The van der Waals surface area contributed by atoms with Crippen molar-refractivity contribution >= 4 is 0 Å². The third-order valence-electron chi connectivity index (χ3n) is 2.80. The van der Waals surface area contributed by atoms with Gasteiger partial charge in [-0.05, 0) is 38.1 Å². The molecule has 0 amide bonds. The van der Waals surface area contributed by atoms with Gasteiger partial charge in [0.2, 0.25) is 11.8 Å². The summed E-state index contributed by atoms with van der Waals surface area (Å²) < 4.78 is 5.70. The second kappa shape index (κ2) is 4.65. The summed E-state index contributed by atoms with van der Waals surface area (Å²) in [6.45, 7) is 4.10. The third kappa shape index (κ3) is 2.38. The molecular formula is C15H13N3O. The molecule has 0 bridgehead atoms. The Morgan fingerprint density at radius 1 is 0.895 bits per heavy atom. The van der Waals surface area contributed by atoms with Gasteiger partial charge in [-0.2, -0.15) is 0 Å². The van der Waals surface area contributed by atoms with Crippen LogP contribution in [0.5, 0.6) is 0 Å². The van der Waals surface area contributed by atoms with E-state index in [0.29, 0.717) is 11.8 Å². The van der Waals surface area contributed by atoms with E-state index in [1.165, 1.54) is 11.1 Å². The van der Waals surface area contributed by atoms with Gasteiger partial charge < -0.3 is 4.42 Å². The van der Waals surface area contributed by atoms with E-state index in [9.17, 15) is 0 Å². The highest BCUT2D eigenvalue weighted by Gasteiger charge is 2.10. The van der Waals surface area contributed by atoms with Crippen LogP contribution >= 0.6 is 0 Å². The first-order valence-corrected chi connectivity index (χ1v) is 6.05. The van der Waals surface area contributed by atoms with Crippen molar-refractivity contribution in [1.82, 2.24) is 15.2 Å². The van der Waals surface area contributed by atoms with Crippen LogP contribution in [0.25, 0.3) is 22.9 Å². The molecule has 0 N–H and O–H groups in total. The molecule has 2 heterocycles. The smallest absolute Gasteiger partial charge is 0.249 e. The summed E-state index contributed by atoms with van der Waals surface area (Å²) in [7, 11) is 0. The summed E-state index contributed by atoms with van der Waals surface area (Å²) in [4.78, 5) is 4.04. The van der Waals surface area contributed by atoms with Crippen LogP contribution in [0.15, 0.2) is 47.1 Å². The van der Waals surface area contributed by atoms with Crippen LogP contribution in [-0.2, 0) is 0 Å². The Hall–Kier alpha value is -2.49. The number of rotatable bonds is 2. The van der Waals surface area contributed by atoms with Crippen LogP contribution in [0.3, 0.4) is 0 Å². The van der Waals surface area contributed by atoms with Crippen LogP contribution in [0.1, 0.15) is 11.1 Å². The van der Waals surface area contributed by atoms with Crippen molar-refractivity contribution in [3.05, 3.63) is 53.9 Å². The van der Waals surface area contributed by atoms with Gasteiger partial charge in [0.25, 0.3) is 0 Å². The second-order valence-electron chi connectivity index (χ2n) is 4.53. The normalized spacial score (nSPS) is 10.6. The molecule has 0 fully saturated rings. The highest BCUT2D eigenvalue weighted by atomic mass is 16.4. The highest BCUT2D eigenvalue weighted by molar-refractivity contribution is 5.58. The molecule has 0 aliphatic heterocycles. The first-order valence-electron chi connectivity index (χ1n) is 6.05. The highest BCUT2D eigenvalue weighted by Crippen LogP contribution is 2.24. The third-order valence-corrected chi connectivity index (χ3v) is 2.80. The molecule has 3 rings (SSSR count). The van der Waals surface area contributed by atoms with E-state index < -0.39 is 0 Å². The summed E-state index contributed by atoms with van der Waals surface area (Å²) in [6, 6.07) is 9.92. The molecule has 0 saturated heterocycles. The first kappa shape index (κ1) is 11.6. The van der Waals surface area contributed by atoms with Crippen LogP contribution in [0.4, 0.5) is 0 Å². The Balaban J connectivity index is 2.02. The number of pyridine rings is 1. The summed E-state index contributed by atoms with van der Waals surface area (Å²) >= 11 is 0. The molecule has 0 aliphatic rings. The van der Waals surface area contributed by atoms with Crippen molar-refractivity contribution in [2.75, 3.05) is 0 Å². The summed E-state index contributed by atoms with van der Waals surface area (Å²) in [5.74, 6) is 1.02. The van der Waals surface area contributed by atoms with E-state index in [0.717, 1.165) is 11.1 Å². The monoisotopic (exact) mass is 251 g/mol. The van der Waals surface area contributed by atoms with Gasteiger partial charge in [-0.15, -0.1) is 10.2 Å². The van der Waals surface area contributed by atoms with Crippen LogP contribution in [0, 0.1) is 13.8 Å². The lowest BCUT2D eigenvalue weighted by Gasteiger charge is -2.00. The molecule has 0 radical (unpaired) electrons. The number of benzene rings is 1. The fraction of sp³-hybridized carbons (Fsp3) is 0.133. The molecular weight excluding hydrogens is 238 g/mol. The predicted octanol–water partition coefficient (Wildman–Crippen LogP) is 3.42. The van der Waals surface area contributed by atoms with Crippen molar-refractivity contribution in [2.45, 2.75) is 13.8 Å². The Bertz CT molecular complexity index is 684. The molecule has 0 aliphatic carbocycles. The van der Waals surface area contributed by atoms with Gasteiger partial charge in [0, 0.05) is 18.0 Å². The Labute approximate surface area is 111 Å². The van der Waals surface area contributed by atoms with Gasteiger partial charge in [0.15, 0.2) is 0 Å². The van der Waals surface area contributed by atoms with E-state index in [-0.39, 0.29) is 0 Å². The van der Waals surface area contributed by atoms with Crippen molar-refractivity contribution in [3.63, 3.8) is 0 Å². The standard InChI is InChI=1S/C15H13N3O/c1-10-6-11(2)8-13(7-10)15-18-17-14(19-15)12-4-3-5-16-9-12/h3-9H,1-2H3. The maximum Gasteiger partial charge on any atom is 0.249 e. The number of nitrogens with zero attached hydrogens (tertiary/aromatic N) is 3. The molecule has 4 heteroatoms. The molecule has 0 spiro atoms. The molecule has 4 nitrogen and oxygen atoms in total. The van der Waals surface area contributed by atoms with Crippen molar-refractivity contribution in [3.8, 4) is 22.9 Å². The van der Waals surface area contributed by atoms with Gasteiger partial charge in [0.05, 0.1) is 5.56 Å². The van der Waals surface area contributed by atoms with Gasteiger partial charge in [-0.3, -0.25) is 4.98 Å². The number of aromatic nitrogens is 3. The van der Waals surface area contributed by atoms with Gasteiger partial charge in [-0.25, -0.2) is 0 Å². The lowest BCUT2D eigenvalue weighted by Crippen LogP contribution is -1.82. The Morgan fingerprint density at radius 3 is 2.21 bits per heavy atom. The Morgan fingerprint density at radius 2 is 1.58 bits per heavy atom. The molecule has 0 saturated carbocycles. The van der Waals surface area contributed by atoms with Crippen LogP contribution in [0.2, 0.25) is 0 Å². The minimum atomic E-state index is 0.488. The van der Waals surface area contributed by atoms with Gasteiger partial charge >= 0.3 is 0 Å². The maximum atomic E-state index is 5.70. The summed E-state index contributed by atoms with van der Waals surface area (Å²) in [5, 5.41) is 8.17. The van der Waals surface area contributed by atoms with E-state index in [4.69, 9.17) is 4.42 Å². The van der Waals surface area contributed by atoms with Gasteiger partial charge in [0.1, 0.15) is 0 Å². The zero-order valence-corrected chi connectivity index (χ0v) is 10.8. The van der Waals surface area contributed by atoms with Crippen molar-refractivity contribution in [1.29, 1.82) is 0 Å². The number of aryl methyl sites for hydroxylation is 2. The second-order valence-corrected chi connectivity index (χ2v) is 4.53. The topological polar surface area (TPSA) is 51.8 Å². The summed E-state index contributed by atoms with van der Waals surface area (Å²) in [6.07, 6.45) is 3.42. The van der Waals surface area contributed by atoms with Crippen molar-refractivity contribution in [2.24, 2.45) is 0 Å². The fourth-order valence-electron chi connectivity index (χ4n) is 2.04. The average Bonchev–Trinajstić information content (AvgIpc) is 2.88.